The molecule has 26 heavy (non-hydrogen) atoms. The van der Waals surface area contributed by atoms with E-state index < -0.39 is 0 Å². The third kappa shape index (κ3) is 3.88. The second kappa shape index (κ2) is 8.13. The second-order valence-electron chi connectivity index (χ2n) is 5.75. The Kier molecular flexibility index (Phi) is 5.87. The molecule has 1 amide bonds. The molecule has 6 heteroatoms. The quantitative estimate of drug-likeness (QED) is 0.601. The molecule has 1 atom stereocenters. The molecule has 0 aliphatic carbocycles. The Morgan fingerprint density at radius 2 is 2.15 bits per heavy atom. The Balaban J connectivity index is 1.80. The predicted molar refractivity (Wildman–Crippen MR) is 112 cm³/mol. The number of allylic oxidation sites excluding steroid dienone is 1. The highest BCUT2D eigenvalue weighted by atomic mass is 35.5. The van der Waals surface area contributed by atoms with Gasteiger partial charge in [-0.3, -0.25) is 4.79 Å². The van der Waals surface area contributed by atoms with Gasteiger partial charge in [-0.1, -0.05) is 59.2 Å². The number of thioether (sulfide) groups is 1. The number of carbonyl (C=O) groups excluding carboxylic acids is 1. The van der Waals surface area contributed by atoms with Gasteiger partial charge < -0.3 is 10.2 Å². The van der Waals surface area contributed by atoms with Crippen molar-refractivity contribution in [3.8, 4) is 0 Å². The number of hydrogen-bond donors (Lipinski definition) is 1. The normalized spacial score (nSPS) is 18.5. The fraction of sp³-hybridized carbons (Fsp3) is 0.200. The summed E-state index contributed by atoms with van der Waals surface area (Å²) in [6.07, 6.45) is 3.83. The second-order valence-corrected chi connectivity index (χ2v) is 7.71. The van der Waals surface area contributed by atoms with Crippen LogP contribution in [0.5, 0.6) is 0 Å². The van der Waals surface area contributed by atoms with Crippen molar-refractivity contribution in [1.82, 2.24) is 10.2 Å². The van der Waals surface area contributed by atoms with Crippen molar-refractivity contribution in [3.63, 3.8) is 0 Å². The number of nitrogens with one attached hydrogen (secondary N) is 1. The smallest absolute Gasteiger partial charge is 0.254 e. The maximum Gasteiger partial charge on any atom is 0.254 e. The number of amides is 1. The van der Waals surface area contributed by atoms with Gasteiger partial charge in [0, 0.05) is 29.9 Å². The molecule has 132 valence electrons. The summed E-state index contributed by atoms with van der Waals surface area (Å²) in [5.74, 6) is -0.176. The summed E-state index contributed by atoms with van der Waals surface area (Å²) in [6.45, 7) is 6.82. The Bertz CT molecular complexity index is 904. The number of thiocarbonyl (C=S) groups is 1. The van der Waals surface area contributed by atoms with Crippen LogP contribution in [0.1, 0.15) is 12.5 Å². The molecule has 3 rings (SSSR count). The first-order valence-corrected chi connectivity index (χ1v) is 9.78. The first kappa shape index (κ1) is 18.8. The van der Waals surface area contributed by atoms with Crippen LogP contribution >= 0.6 is 35.6 Å². The van der Waals surface area contributed by atoms with Crippen LogP contribution in [0.2, 0.25) is 5.02 Å². The largest absolute Gasteiger partial charge is 0.361 e. The molecular formula is C20H17ClN2OS2. The number of carbonyl (C=O) groups is 1. The van der Waals surface area contributed by atoms with E-state index in [-0.39, 0.29) is 11.3 Å². The van der Waals surface area contributed by atoms with Crippen molar-refractivity contribution >= 4 is 46.4 Å². The molecule has 1 aromatic carbocycles. The number of fused-ring (bicyclic) bond motifs is 1. The van der Waals surface area contributed by atoms with Gasteiger partial charge >= 0.3 is 0 Å². The first-order valence-electron chi connectivity index (χ1n) is 8.11. The van der Waals surface area contributed by atoms with E-state index in [1.807, 2.05) is 24.4 Å². The van der Waals surface area contributed by atoms with Crippen molar-refractivity contribution in [3.05, 3.63) is 81.2 Å². The minimum Gasteiger partial charge on any atom is -0.361 e. The van der Waals surface area contributed by atoms with Gasteiger partial charge in [0.15, 0.2) is 0 Å². The summed E-state index contributed by atoms with van der Waals surface area (Å²) < 4.78 is 0. The third-order valence-electron chi connectivity index (χ3n) is 4.08. The maximum atomic E-state index is 12.7. The van der Waals surface area contributed by atoms with Gasteiger partial charge in [0.2, 0.25) is 0 Å². The van der Waals surface area contributed by atoms with Gasteiger partial charge in [-0.15, -0.1) is 0 Å². The lowest BCUT2D eigenvalue weighted by molar-refractivity contribution is -0.117. The molecule has 3 nitrogen and oxygen atoms in total. The SMILES string of the molecule is C=C=C=C1C=C2C(=S)C(C(=O)NCc3ccc(Cl)cc3)=CN(CC)C2S1. The van der Waals surface area contributed by atoms with Crippen LogP contribution < -0.4 is 5.32 Å². The molecule has 0 radical (unpaired) electrons. The minimum atomic E-state index is -0.176. The van der Waals surface area contributed by atoms with Crippen LogP contribution in [0.25, 0.3) is 0 Å². The van der Waals surface area contributed by atoms with E-state index in [9.17, 15) is 4.79 Å². The molecular weight excluding hydrogens is 384 g/mol. The van der Waals surface area contributed by atoms with Gasteiger partial charge in [-0.25, -0.2) is 0 Å². The summed E-state index contributed by atoms with van der Waals surface area (Å²) in [6, 6.07) is 7.38. The maximum absolute atomic E-state index is 12.7. The van der Waals surface area contributed by atoms with Crippen molar-refractivity contribution < 1.29 is 4.79 Å². The van der Waals surface area contributed by atoms with Crippen molar-refractivity contribution in [2.24, 2.45) is 0 Å². The molecule has 0 spiro atoms. The number of benzene rings is 1. The molecule has 0 fully saturated rings. The highest BCUT2D eigenvalue weighted by Crippen LogP contribution is 2.42. The van der Waals surface area contributed by atoms with Gasteiger partial charge in [0.05, 0.1) is 15.3 Å². The third-order valence-corrected chi connectivity index (χ3v) is 6.01. The topological polar surface area (TPSA) is 32.3 Å². The zero-order chi connectivity index (χ0) is 18.7. The van der Waals surface area contributed by atoms with E-state index in [1.54, 1.807) is 23.9 Å². The molecule has 1 N–H and O–H groups in total. The summed E-state index contributed by atoms with van der Waals surface area (Å²) in [4.78, 5) is 16.3. The van der Waals surface area contributed by atoms with E-state index in [0.717, 1.165) is 22.6 Å². The summed E-state index contributed by atoms with van der Waals surface area (Å²) in [5.41, 5.74) is 8.11. The van der Waals surface area contributed by atoms with E-state index in [2.05, 4.69) is 35.2 Å². The molecule has 0 aromatic heterocycles. The predicted octanol–water partition coefficient (Wildman–Crippen LogP) is 4.37. The van der Waals surface area contributed by atoms with Crippen molar-refractivity contribution in [2.45, 2.75) is 18.8 Å². The number of hydrogen-bond acceptors (Lipinski definition) is 4. The zero-order valence-corrected chi connectivity index (χ0v) is 16.6. The fourth-order valence-corrected chi connectivity index (χ4v) is 4.49. The lowest BCUT2D eigenvalue weighted by atomic mass is 10.00. The molecule has 2 aliphatic heterocycles. The Labute approximate surface area is 167 Å². The fourth-order valence-electron chi connectivity index (χ4n) is 2.75. The highest BCUT2D eigenvalue weighted by Gasteiger charge is 2.36. The van der Waals surface area contributed by atoms with Crippen LogP contribution in [0.4, 0.5) is 0 Å². The van der Waals surface area contributed by atoms with Gasteiger partial charge in [0.1, 0.15) is 5.37 Å². The molecule has 0 saturated carbocycles. The Hall–Kier alpha value is -2.00. The van der Waals surface area contributed by atoms with Crippen molar-refractivity contribution in [1.29, 1.82) is 0 Å². The zero-order valence-electron chi connectivity index (χ0n) is 14.2. The van der Waals surface area contributed by atoms with Crippen LogP contribution in [-0.2, 0) is 11.3 Å². The lowest BCUT2D eigenvalue weighted by Gasteiger charge is -2.33. The monoisotopic (exact) mass is 400 g/mol. The van der Waals surface area contributed by atoms with Gasteiger partial charge in [-0.2, -0.15) is 0 Å². The number of rotatable bonds is 4. The van der Waals surface area contributed by atoms with Crippen LogP contribution in [0.15, 0.2) is 70.6 Å². The van der Waals surface area contributed by atoms with Crippen LogP contribution in [0.3, 0.4) is 0 Å². The van der Waals surface area contributed by atoms with Crippen LogP contribution in [-0.4, -0.2) is 27.6 Å². The highest BCUT2D eigenvalue weighted by molar-refractivity contribution is 8.04. The van der Waals surface area contributed by atoms with Gasteiger partial charge in [0.25, 0.3) is 5.91 Å². The van der Waals surface area contributed by atoms with E-state index in [4.69, 9.17) is 23.8 Å². The summed E-state index contributed by atoms with van der Waals surface area (Å²) >= 11 is 13.1. The molecule has 1 unspecified atom stereocenters. The molecule has 0 bridgehead atoms. The number of likely N-dealkylation sites (N-methyl/N-ethyl adjacent to an activating group) is 1. The average molecular weight is 401 g/mol. The first-order chi connectivity index (χ1) is 12.5. The molecule has 1 aromatic rings. The number of halogens is 1. The minimum absolute atomic E-state index is 0.0798. The number of nitrogens with zero attached hydrogens (tertiary/aromatic N) is 1. The van der Waals surface area contributed by atoms with E-state index >= 15 is 0 Å². The van der Waals surface area contributed by atoms with E-state index in [0.29, 0.717) is 22.0 Å². The molecule has 0 saturated heterocycles. The Morgan fingerprint density at radius 3 is 2.81 bits per heavy atom. The molecule has 2 heterocycles. The standard InChI is InChI=1S/C20H17ClN2OS2/c1-3-5-15-10-16-18(25)17(12-23(4-2)20(16)26-15)19(24)22-11-13-6-8-14(21)9-7-13/h6-10,12,20H,1,4,11H2,2H3,(H,22,24). The van der Waals surface area contributed by atoms with E-state index in [1.165, 1.54) is 0 Å². The lowest BCUT2D eigenvalue weighted by Crippen LogP contribution is -2.39. The Morgan fingerprint density at radius 1 is 1.42 bits per heavy atom. The van der Waals surface area contributed by atoms with Gasteiger partial charge in [-0.05, 0) is 37.3 Å². The average Bonchev–Trinajstić information content (AvgIpc) is 3.06. The summed E-state index contributed by atoms with van der Waals surface area (Å²) in [7, 11) is 0. The summed E-state index contributed by atoms with van der Waals surface area (Å²) in [5, 5.41) is 3.69. The molecule has 2 aliphatic rings. The van der Waals surface area contributed by atoms with Crippen LogP contribution in [0, 0.1) is 0 Å². The van der Waals surface area contributed by atoms with Crippen molar-refractivity contribution in [2.75, 3.05) is 6.54 Å².